The van der Waals surface area contributed by atoms with Crippen LogP contribution in [0, 0.1) is 5.92 Å². The number of hydrogen-bond donors (Lipinski definition) is 1. The highest BCUT2D eigenvalue weighted by Gasteiger charge is 2.21. The molecular weight excluding hydrogens is 256 g/mol. The third-order valence-corrected chi connectivity index (χ3v) is 5.19. The molecule has 2 heteroatoms. The quantitative estimate of drug-likeness (QED) is 0.852. The van der Waals surface area contributed by atoms with Crippen LogP contribution in [0.2, 0.25) is 0 Å². The molecule has 1 aromatic rings. The monoisotopic (exact) mass is 286 g/mol. The fourth-order valence-corrected chi connectivity index (χ4v) is 3.46. The highest BCUT2D eigenvalue weighted by molar-refractivity contribution is 5.27. The Morgan fingerprint density at radius 1 is 1.05 bits per heavy atom. The van der Waals surface area contributed by atoms with Crippen molar-refractivity contribution in [3.05, 3.63) is 35.4 Å². The summed E-state index contributed by atoms with van der Waals surface area (Å²) >= 11 is 0. The van der Waals surface area contributed by atoms with Gasteiger partial charge in [0.15, 0.2) is 0 Å². The van der Waals surface area contributed by atoms with Crippen molar-refractivity contribution in [3.8, 4) is 0 Å². The van der Waals surface area contributed by atoms with Gasteiger partial charge in [0, 0.05) is 19.1 Å². The molecule has 0 spiro atoms. The van der Waals surface area contributed by atoms with Crippen LogP contribution >= 0.6 is 0 Å². The largest absolute Gasteiger partial charge is 0.310 e. The highest BCUT2D eigenvalue weighted by Crippen LogP contribution is 2.23. The molecule has 1 atom stereocenters. The fraction of sp³-hybridized carbons (Fsp3) is 0.684. The summed E-state index contributed by atoms with van der Waals surface area (Å²) in [6, 6.07) is 9.80. The van der Waals surface area contributed by atoms with Crippen LogP contribution in [-0.4, -0.2) is 24.0 Å². The molecule has 1 aromatic carbocycles. The van der Waals surface area contributed by atoms with Crippen molar-refractivity contribution in [1.29, 1.82) is 0 Å². The Morgan fingerprint density at radius 2 is 1.86 bits per heavy atom. The van der Waals surface area contributed by atoms with E-state index in [1.54, 1.807) is 0 Å². The molecular formula is C19H30N2. The van der Waals surface area contributed by atoms with Gasteiger partial charge in [-0.3, -0.25) is 4.90 Å². The van der Waals surface area contributed by atoms with Crippen molar-refractivity contribution in [2.24, 2.45) is 5.92 Å². The second kappa shape index (κ2) is 7.42. The van der Waals surface area contributed by atoms with Crippen LogP contribution in [0.25, 0.3) is 0 Å². The molecule has 2 aliphatic rings. The smallest absolute Gasteiger partial charge is 0.0236 e. The number of benzene rings is 1. The summed E-state index contributed by atoms with van der Waals surface area (Å²) in [6.07, 6.45) is 8.28. The Balaban J connectivity index is 1.58. The molecule has 1 heterocycles. The molecule has 0 radical (unpaired) electrons. The Kier molecular flexibility index (Phi) is 5.32. The topological polar surface area (TPSA) is 15.3 Å². The van der Waals surface area contributed by atoms with Gasteiger partial charge in [-0.15, -0.1) is 0 Å². The molecule has 3 rings (SSSR count). The fourth-order valence-electron chi connectivity index (χ4n) is 3.46. The molecule has 1 N–H and O–H groups in total. The van der Waals surface area contributed by atoms with Crippen LogP contribution in [0.15, 0.2) is 24.3 Å². The van der Waals surface area contributed by atoms with Gasteiger partial charge in [-0.1, -0.05) is 37.6 Å². The molecule has 1 saturated carbocycles. The van der Waals surface area contributed by atoms with Gasteiger partial charge in [0.1, 0.15) is 0 Å². The van der Waals surface area contributed by atoms with Crippen molar-refractivity contribution in [1.82, 2.24) is 10.2 Å². The lowest BCUT2D eigenvalue weighted by Gasteiger charge is -2.22. The van der Waals surface area contributed by atoms with Gasteiger partial charge in [0.05, 0.1) is 0 Å². The number of nitrogens with zero attached hydrogens (tertiary/aromatic N) is 1. The molecule has 21 heavy (non-hydrogen) atoms. The van der Waals surface area contributed by atoms with E-state index >= 15 is 0 Å². The standard InChI is InChI=1S/C19H30N2/c1-2-16-6-5-12-21(13-11-16)15-18-8-4-3-7-17(18)14-20-19-9-10-19/h3-4,7-8,16,19-20H,2,5-6,9-15H2,1H3. The van der Waals surface area contributed by atoms with Gasteiger partial charge in [-0.05, 0) is 62.2 Å². The minimum atomic E-state index is 0.793. The van der Waals surface area contributed by atoms with Gasteiger partial charge < -0.3 is 5.32 Å². The van der Waals surface area contributed by atoms with Gasteiger partial charge in [-0.25, -0.2) is 0 Å². The predicted molar refractivity (Wildman–Crippen MR) is 89.2 cm³/mol. The molecule has 0 amide bonds. The molecule has 1 aliphatic heterocycles. The van der Waals surface area contributed by atoms with Crippen LogP contribution in [0.3, 0.4) is 0 Å². The van der Waals surface area contributed by atoms with Gasteiger partial charge in [0.2, 0.25) is 0 Å². The van der Waals surface area contributed by atoms with E-state index in [0.29, 0.717) is 0 Å². The summed E-state index contributed by atoms with van der Waals surface area (Å²) in [7, 11) is 0. The third kappa shape index (κ3) is 4.55. The van der Waals surface area contributed by atoms with E-state index in [4.69, 9.17) is 0 Å². The molecule has 1 unspecified atom stereocenters. The van der Waals surface area contributed by atoms with Gasteiger partial charge >= 0.3 is 0 Å². The minimum absolute atomic E-state index is 0.793. The van der Waals surface area contributed by atoms with E-state index in [9.17, 15) is 0 Å². The Hall–Kier alpha value is -0.860. The molecule has 116 valence electrons. The summed E-state index contributed by atoms with van der Waals surface area (Å²) in [6.45, 7) is 7.09. The average molecular weight is 286 g/mol. The summed E-state index contributed by atoms with van der Waals surface area (Å²) in [5.41, 5.74) is 3.03. The molecule has 1 saturated heterocycles. The summed E-state index contributed by atoms with van der Waals surface area (Å²) in [5.74, 6) is 0.960. The first kappa shape index (κ1) is 15.1. The minimum Gasteiger partial charge on any atom is -0.310 e. The zero-order chi connectivity index (χ0) is 14.5. The second-order valence-corrected chi connectivity index (χ2v) is 6.91. The number of hydrogen-bond acceptors (Lipinski definition) is 2. The summed E-state index contributed by atoms with van der Waals surface area (Å²) in [5, 5.41) is 3.66. The van der Waals surface area contributed by atoms with Crippen molar-refractivity contribution >= 4 is 0 Å². The third-order valence-electron chi connectivity index (χ3n) is 5.19. The molecule has 0 aromatic heterocycles. The average Bonchev–Trinajstić information content (AvgIpc) is 3.34. The Bertz CT molecular complexity index is 439. The van der Waals surface area contributed by atoms with E-state index in [0.717, 1.165) is 25.0 Å². The Morgan fingerprint density at radius 3 is 2.62 bits per heavy atom. The zero-order valence-corrected chi connectivity index (χ0v) is 13.5. The number of likely N-dealkylation sites (tertiary alicyclic amines) is 1. The number of rotatable bonds is 6. The predicted octanol–water partition coefficient (Wildman–Crippen LogP) is 3.95. The van der Waals surface area contributed by atoms with Gasteiger partial charge in [0.25, 0.3) is 0 Å². The first-order valence-corrected chi connectivity index (χ1v) is 8.87. The van der Waals surface area contributed by atoms with Crippen LogP contribution in [-0.2, 0) is 13.1 Å². The summed E-state index contributed by atoms with van der Waals surface area (Å²) in [4.78, 5) is 2.67. The molecule has 2 fully saturated rings. The maximum absolute atomic E-state index is 3.66. The normalized spacial score (nSPS) is 24.0. The van der Waals surface area contributed by atoms with E-state index in [2.05, 4.69) is 41.4 Å². The number of nitrogens with one attached hydrogen (secondary N) is 1. The molecule has 0 bridgehead atoms. The van der Waals surface area contributed by atoms with Crippen molar-refractivity contribution < 1.29 is 0 Å². The van der Waals surface area contributed by atoms with E-state index < -0.39 is 0 Å². The highest BCUT2D eigenvalue weighted by atomic mass is 15.1. The lowest BCUT2D eigenvalue weighted by molar-refractivity contribution is 0.271. The van der Waals surface area contributed by atoms with Crippen molar-refractivity contribution in [3.63, 3.8) is 0 Å². The van der Waals surface area contributed by atoms with E-state index in [-0.39, 0.29) is 0 Å². The lowest BCUT2D eigenvalue weighted by Crippen LogP contribution is -2.25. The van der Waals surface area contributed by atoms with Crippen LogP contribution < -0.4 is 5.32 Å². The van der Waals surface area contributed by atoms with Crippen LogP contribution in [0.5, 0.6) is 0 Å². The first-order chi connectivity index (χ1) is 10.3. The molecule has 1 aliphatic carbocycles. The lowest BCUT2D eigenvalue weighted by atomic mass is 9.98. The maximum atomic E-state index is 3.66. The Labute approximate surface area is 129 Å². The SMILES string of the molecule is CCC1CCCN(Cc2ccccc2CNC2CC2)CC1. The van der Waals surface area contributed by atoms with Crippen molar-refractivity contribution in [2.75, 3.05) is 13.1 Å². The van der Waals surface area contributed by atoms with Crippen molar-refractivity contribution in [2.45, 2.75) is 64.6 Å². The first-order valence-electron chi connectivity index (χ1n) is 8.87. The van der Waals surface area contributed by atoms with Gasteiger partial charge in [-0.2, -0.15) is 0 Å². The van der Waals surface area contributed by atoms with Crippen LogP contribution in [0.1, 0.15) is 56.6 Å². The van der Waals surface area contributed by atoms with Crippen LogP contribution in [0.4, 0.5) is 0 Å². The molecule has 2 nitrogen and oxygen atoms in total. The van der Waals surface area contributed by atoms with E-state index in [1.807, 2.05) is 0 Å². The maximum Gasteiger partial charge on any atom is 0.0236 e. The van der Waals surface area contributed by atoms with E-state index in [1.165, 1.54) is 62.7 Å². The summed E-state index contributed by atoms with van der Waals surface area (Å²) < 4.78 is 0. The second-order valence-electron chi connectivity index (χ2n) is 6.91. The zero-order valence-electron chi connectivity index (χ0n) is 13.5.